The van der Waals surface area contributed by atoms with Crippen molar-refractivity contribution in [2.24, 2.45) is 10.9 Å². The highest BCUT2D eigenvalue weighted by molar-refractivity contribution is 6.03. The number of rotatable bonds is 4. The minimum Gasteiger partial charge on any atom is -0.493 e. The second-order valence-electron chi connectivity index (χ2n) is 5.64. The number of ketones is 1. The molecule has 0 saturated heterocycles. The van der Waals surface area contributed by atoms with Crippen molar-refractivity contribution in [3.8, 4) is 11.5 Å². The number of aliphatic imine (C=N–C) groups is 1. The molecule has 0 amide bonds. The van der Waals surface area contributed by atoms with Gasteiger partial charge in [0.25, 0.3) is 0 Å². The molecule has 0 fully saturated rings. The van der Waals surface area contributed by atoms with Gasteiger partial charge in [0.15, 0.2) is 17.3 Å². The van der Waals surface area contributed by atoms with Gasteiger partial charge in [0, 0.05) is 18.3 Å². The first-order valence-electron chi connectivity index (χ1n) is 7.57. The van der Waals surface area contributed by atoms with Crippen molar-refractivity contribution in [1.82, 2.24) is 4.90 Å². The standard InChI is InChI=1S/C18H20N2O3/c1-12-5-4-8-20-11-14(10-19-18(12)20)17(21)13-6-7-15(22-2)16(9-13)23-3/h4-9,14H,10-11H2,1-3H3. The molecule has 1 unspecified atom stereocenters. The number of fused-ring (bicyclic) bond motifs is 1. The maximum absolute atomic E-state index is 12.8. The molecule has 23 heavy (non-hydrogen) atoms. The fourth-order valence-electron chi connectivity index (χ4n) is 2.91. The Balaban J connectivity index is 1.82. The first-order valence-corrected chi connectivity index (χ1v) is 7.57. The minimum absolute atomic E-state index is 0.0781. The third kappa shape index (κ3) is 2.86. The summed E-state index contributed by atoms with van der Waals surface area (Å²) in [5.74, 6) is 2.06. The van der Waals surface area contributed by atoms with E-state index in [1.54, 1.807) is 32.4 Å². The molecule has 5 nitrogen and oxygen atoms in total. The minimum atomic E-state index is -0.160. The van der Waals surface area contributed by atoms with Crippen LogP contribution in [0.1, 0.15) is 17.3 Å². The Morgan fingerprint density at radius 2 is 2.04 bits per heavy atom. The number of methoxy groups -OCH3 is 2. The molecule has 0 radical (unpaired) electrons. The van der Waals surface area contributed by atoms with Crippen molar-refractivity contribution in [2.45, 2.75) is 6.92 Å². The molecule has 2 aliphatic heterocycles. The SMILES string of the molecule is COc1ccc(C(=O)C2CN=C3C(C)=CC=CN3C2)cc1OC. The van der Waals surface area contributed by atoms with Gasteiger partial charge in [-0.3, -0.25) is 9.79 Å². The molecule has 0 aliphatic carbocycles. The van der Waals surface area contributed by atoms with E-state index >= 15 is 0 Å². The molecule has 120 valence electrons. The molecule has 0 spiro atoms. The number of hydrogen-bond donors (Lipinski definition) is 0. The number of amidine groups is 1. The average molecular weight is 312 g/mol. The predicted octanol–water partition coefficient (Wildman–Crippen LogP) is 2.69. The first kappa shape index (κ1) is 15.3. The van der Waals surface area contributed by atoms with Crippen LogP contribution in [-0.2, 0) is 0 Å². The van der Waals surface area contributed by atoms with Crippen LogP contribution in [0.4, 0.5) is 0 Å². The Labute approximate surface area is 135 Å². The quantitative estimate of drug-likeness (QED) is 0.802. The zero-order valence-corrected chi connectivity index (χ0v) is 13.6. The highest BCUT2D eigenvalue weighted by Gasteiger charge is 2.29. The van der Waals surface area contributed by atoms with E-state index in [0.717, 1.165) is 11.4 Å². The molecule has 1 atom stereocenters. The Morgan fingerprint density at radius 1 is 1.26 bits per heavy atom. The van der Waals surface area contributed by atoms with E-state index in [9.17, 15) is 4.79 Å². The average Bonchev–Trinajstić information content (AvgIpc) is 2.60. The van der Waals surface area contributed by atoms with E-state index in [-0.39, 0.29) is 11.7 Å². The van der Waals surface area contributed by atoms with Crippen LogP contribution in [0.3, 0.4) is 0 Å². The van der Waals surface area contributed by atoms with E-state index in [2.05, 4.69) is 4.99 Å². The lowest BCUT2D eigenvalue weighted by Gasteiger charge is -2.32. The highest BCUT2D eigenvalue weighted by atomic mass is 16.5. The van der Waals surface area contributed by atoms with E-state index in [0.29, 0.717) is 30.2 Å². The summed E-state index contributed by atoms with van der Waals surface area (Å²) in [6.07, 6.45) is 5.99. The summed E-state index contributed by atoms with van der Waals surface area (Å²) in [6.45, 7) is 3.19. The zero-order valence-electron chi connectivity index (χ0n) is 13.6. The van der Waals surface area contributed by atoms with Crippen LogP contribution in [0, 0.1) is 5.92 Å². The van der Waals surface area contributed by atoms with Gasteiger partial charge in [0.2, 0.25) is 0 Å². The lowest BCUT2D eigenvalue weighted by molar-refractivity contribution is 0.0908. The van der Waals surface area contributed by atoms with Crippen LogP contribution >= 0.6 is 0 Å². The largest absolute Gasteiger partial charge is 0.493 e. The molecule has 1 aromatic rings. The van der Waals surface area contributed by atoms with Crippen molar-refractivity contribution < 1.29 is 14.3 Å². The van der Waals surface area contributed by atoms with Crippen LogP contribution in [0.2, 0.25) is 0 Å². The molecule has 0 bridgehead atoms. The summed E-state index contributed by atoms with van der Waals surface area (Å²) in [7, 11) is 3.15. The zero-order chi connectivity index (χ0) is 16.4. The van der Waals surface area contributed by atoms with Crippen molar-refractivity contribution in [2.75, 3.05) is 27.3 Å². The Bertz CT molecular complexity index is 719. The van der Waals surface area contributed by atoms with Gasteiger partial charge in [-0.25, -0.2) is 0 Å². The van der Waals surface area contributed by atoms with Crippen molar-refractivity contribution in [3.05, 3.63) is 47.7 Å². The predicted molar refractivity (Wildman–Crippen MR) is 89.3 cm³/mol. The molecule has 0 N–H and O–H groups in total. The van der Waals surface area contributed by atoms with E-state index in [1.165, 1.54) is 0 Å². The number of carbonyl (C=O) groups excluding carboxylic acids is 1. The number of allylic oxidation sites excluding steroid dienone is 2. The Hall–Kier alpha value is -2.56. The molecular weight excluding hydrogens is 292 g/mol. The number of hydrogen-bond acceptors (Lipinski definition) is 5. The molecular formula is C18H20N2O3. The summed E-state index contributed by atoms with van der Waals surface area (Å²) in [5, 5.41) is 0. The van der Waals surface area contributed by atoms with Crippen LogP contribution in [-0.4, -0.2) is 43.8 Å². The van der Waals surface area contributed by atoms with E-state index < -0.39 is 0 Å². The Kier molecular flexibility index (Phi) is 4.19. The molecule has 1 aromatic carbocycles. The summed E-state index contributed by atoms with van der Waals surface area (Å²) >= 11 is 0. The molecule has 5 heteroatoms. The van der Waals surface area contributed by atoms with Gasteiger partial charge in [-0.2, -0.15) is 0 Å². The highest BCUT2D eigenvalue weighted by Crippen LogP contribution is 2.29. The smallest absolute Gasteiger partial charge is 0.169 e. The van der Waals surface area contributed by atoms with Crippen LogP contribution < -0.4 is 9.47 Å². The number of benzene rings is 1. The van der Waals surface area contributed by atoms with Gasteiger partial charge in [0.05, 0.1) is 26.7 Å². The fraction of sp³-hybridized carbons (Fsp3) is 0.333. The number of ether oxygens (including phenoxy) is 2. The number of nitrogens with zero attached hydrogens (tertiary/aromatic N) is 2. The van der Waals surface area contributed by atoms with Gasteiger partial charge in [-0.15, -0.1) is 0 Å². The van der Waals surface area contributed by atoms with Crippen molar-refractivity contribution in [1.29, 1.82) is 0 Å². The van der Waals surface area contributed by atoms with E-state index in [4.69, 9.17) is 9.47 Å². The molecule has 3 rings (SSSR count). The summed E-state index contributed by atoms with van der Waals surface area (Å²) < 4.78 is 10.5. The second-order valence-corrected chi connectivity index (χ2v) is 5.64. The third-order valence-electron chi connectivity index (χ3n) is 4.15. The molecule has 0 saturated carbocycles. The molecule has 2 aliphatic rings. The summed E-state index contributed by atoms with van der Waals surface area (Å²) in [6, 6.07) is 5.27. The number of carbonyl (C=O) groups is 1. The van der Waals surface area contributed by atoms with Gasteiger partial charge in [0.1, 0.15) is 5.84 Å². The first-order chi connectivity index (χ1) is 11.1. The molecule has 2 heterocycles. The Morgan fingerprint density at radius 3 is 2.78 bits per heavy atom. The fourth-order valence-corrected chi connectivity index (χ4v) is 2.91. The van der Waals surface area contributed by atoms with Gasteiger partial charge >= 0.3 is 0 Å². The van der Waals surface area contributed by atoms with Crippen LogP contribution in [0.5, 0.6) is 11.5 Å². The third-order valence-corrected chi connectivity index (χ3v) is 4.15. The number of Topliss-reactive ketones (excluding diaryl/α,β-unsaturated/α-hetero) is 1. The maximum atomic E-state index is 12.8. The normalized spacial score (nSPS) is 19.6. The lowest BCUT2D eigenvalue weighted by Crippen LogP contribution is -2.41. The van der Waals surface area contributed by atoms with Crippen LogP contribution in [0.25, 0.3) is 0 Å². The summed E-state index contributed by atoms with van der Waals surface area (Å²) in [4.78, 5) is 19.4. The molecule has 0 aromatic heterocycles. The van der Waals surface area contributed by atoms with Gasteiger partial charge in [-0.05, 0) is 36.8 Å². The monoisotopic (exact) mass is 312 g/mol. The van der Waals surface area contributed by atoms with Crippen molar-refractivity contribution in [3.63, 3.8) is 0 Å². The topological polar surface area (TPSA) is 51.1 Å². The van der Waals surface area contributed by atoms with E-state index in [1.807, 2.05) is 30.2 Å². The van der Waals surface area contributed by atoms with Crippen LogP contribution in [0.15, 0.2) is 47.1 Å². The second kappa shape index (κ2) is 6.28. The lowest BCUT2D eigenvalue weighted by atomic mass is 9.94. The summed E-state index contributed by atoms with van der Waals surface area (Å²) in [5.41, 5.74) is 1.75. The maximum Gasteiger partial charge on any atom is 0.169 e. The van der Waals surface area contributed by atoms with Gasteiger partial charge < -0.3 is 14.4 Å². The van der Waals surface area contributed by atoms with Gasteiger partial charge in [-0.1, -0.05) is 6.08 Å². The van der Waals surface area contributed by atoms with Crippen molar-refractivity contribution >= 4 is 11.6 Å².